The number of amides is 1. The number of carbonyl (C=O) groups is 1. The first-order valence-electron chi connectivity index (χ1n) is 6.42. The number of carbonyl (C=O) groups excluding carboxylic acids is 1. The topological polar surface area (TPSA) is 74.4 Å². The van der Waals surface area contributed by atoms with Crippen LogP contribution in [0, 0.1) is 0 Å². The lowest BCUT2D eigenvalue weighted by Gasteiger charge is -2.32. The minimum absolute atomic E-state index is 0.0000293. The summed E-state index contributed by atoms with van der Waals surface area (Å²) >= 11 is 5.87. The van der Waals surface area contributed by atoms with E-state index < -0.39 is 24.2 Å². The number of hydrogen-bond donors (Lipinski definition) is 1. The van der Waals surface area contributed by atoms with Crippen LogP contribution < -0.4 is 11.2 Å². The SMILES string of the molecule is CC1(C)OB(c2ccc(Cl)nc2CC(N)=O)OC1(C)C. The second-order valence-electron chi connectivity index (χ2n) is 5.90. The van der Waals surface area contributed by atoms with Gasteiger partial charge in [0.25, 0.3) is 0 Å². The molecule has 0 spiro atoms. The molecule has 5 nitrogen and oxygen atoms in total. The van der Waals surface area contributed by atoms with Crippen LogP contribution in [0.15, 0.2) is 12.1 Å². The van der Waals surface area contributed by atoms with Crippen LogP contribution in [0.3, 0.4) is 0 Å². The van der Waals surface area contributed by atoms with Gasteiger partial charge in [0.15, 0.2) is 0 Å². The first-order chi connectivity index (χ1) is 9.12. The van der Waals surface area contributed by atoms with E-state index in [1.807, 2.05) is 27.7 Å². The van der Waals surface area contributed by atoms with Crippen molar-refractivity contribution in [2.24, 2.45) is 5.73 Å². The van der Waals surface area contributed by atoms with E-state index in [9.17, 15) is 4.79 Å². The minimum atomic E-state index is -0.584. The van der Waals surface area contributed by atoms with Gasteiger partial charge in [-0.05, 0) is 33.8 Å². The van der Waals surface area contributed by atoms with Crippen LogP contribution in [-0.4, -0.2) is 29.2 Å². The fourth-order valence-electron chi connectivity index (χ4n) is 1.98. The monoisotopic (exact) mass is 296 g/mol. The normalized spacial score (nSPS) is 20.1. The summed E-state index contributed by atoms with van der Waals surface area (Å²) in [5, 5.41) is 0.307. The van der Waals surface area contributed by atoms with Gasteiger partial charge in [0, 0.05) is 5.46 Å². The van der Waals surface area contributed by atoms with Crippen molar-refractivity contribution in [1.82, 2.24) is 4.98 Å². The summed E-state index contributed by atoms with van der Waals surface area (Å²) in [6, 6.07) is 3.40. The highest BCUT2D eigenvalue weighted by Crippen LogP contribution is 2.36. The molecule has 2 rings (SSSR count). The Morgan fingerprint density at radius 2 is 1.85 bits per heavy atom. The Hall–Kier alpha value is -1.11. The van der Waals surface area contributed by atoms with Crippen molar-refractivity contribution in [2.75, 3.05) is 0 Å². The number of pyridine rings is 1. The first-order valence-corrected chi connectivity index (χ1v) is 6.79. The van der Waals surface area contributed by atoms with Gasteiger partial charge in [0.2, 0.25) is 5.91 Å². The number of nitrogens with zero attached hydrogens (tertiary/aromatic N) is 1. The maximum Gasteiger partial charge on any atom is 0.496 e. The van der Waals surface area contributed by atoms with E-state index in [1.165, 1.54) is 0 Å². The second-order valence-corrected chi connectivity index (χ2v) is 6.29. The van der Waals surface area contributed by atoms with Crippen molar-refractivity contribution in [2.45, 2.75) is 45.3 Å². The van der Waals surface area contributed by atoms with Gasteiger partial charge in [-0.15, -0.1) is 0 Å². The molecule has 0 radical (unpaired) electrons. The number of hydrogen-bond acceptors (Lipinski definition) is 4. The van der Waals surface area contributed by atoms with E-state index in [4.69, 9.17) is 26.6 Å². The number of nitrogens with two attached hydrogens (primary N) is 1. The highest BCUT2D eigenvalue weighted by atomic mass is 35.5. The van der Waals surface area contributed by atoms with Crippen LogP contribution in [0.5, 0.6) is 0 Å². The van der Waals surface area contributed by atoms with Gasteiger partial charge < -0.3 is 15.0 Å². The van der Waals surface area contributed by atoms with Crippen LogP contribution in [-0.2, 0) is 20.5 Å². The maximum atomic E-state index is 11.2. The fourth-order valence-corrected chi connectivity index (χ4v) is 2.14. The molecule has 1 aromatic rings. The van der Waals surface area contributed by atoms with Crippen LogP contribution in [0.1, 0.15) is 33.4 Å². The van der Waals surface area contributed by atoms with Crippen molar-refractivity contribution in [3.63, 3.8) is 0 Å². The second kappa shape index (κ2) is 5.02. The summed E-state index contributed by atoms with van der Waals surface area (Å²) in [7, 11) is -0.584. The Kier molecular flexibility index (Phi) is 3.84. The summed E-state index contributed by atoms with van der Waals surface area (Å²) in [5.74, 6) is -0.475. The summed E-state index contributed by atoms with van der Waals surface area (Å²) < 4.78 is 11.9. The van der Waals surface area contributed by atoms with Gasteiger partial charge in [-0.3, -0.25) is 4.79 Å². The molecule has 1 aliphatic rings. The number of halogens is 1. The highest BCUT2D eigenvalue weighted by Gasteiger charge is 2.52. The summed E-state index contributed by atoms with van der Waals surface area (Å²) in [6.45, 7) is 7.85. The van der Waals surface area contributed by atoms with Crippen molar-refractivity contribution in [3.05, 3.63) is 23.0 Å². The van der Waals surface area contributed by atoms with Gasteiger partial charge >= 0.3 is 7.12 Å². The molecule has 0 saturated carbocycles. The van der Waals surface area contributed by atoms with E-state index in [0.717, 1.165) is 0 Å². The van der Waals surface area contributed by atoms with E-state index in [-0.39, 0.29) is 6.42 Å². The van der Waals surface area contributed by atoms with E-state index in [0.29, 0.717) is 16.3 Å². The van der Waals surface area contributed by atoms with Crippen LogP contribution in [0.4, 0.5) is 0 Å². The molecule has 2 N–H and O–H groups in total. The lowest BCUT2D eigenvalue weighted by atomic mass is 9.77. The van der Waals surface area contributed by atoms with Crippen LogP contribution in [0.25, 0.3) is 0 Å². The molecule has 7 heteroatoms. The molecule has 0 aliphatic carbocycles. The predicted molar refractivity (Wildman–Crippen MR) is 77.9 cm³/mol. The molecular formula is C13H18BClN2O3. The van der Waals surface area contributed by atoms with Gasteiger partial charge in [0.1, 0.15) is 5.15 Å². The molecule has 1 saturated heterocycles. The zero-order valence-electron chi connectivity index (χ0n) is 12.1. The molecule has 20 heavy (non-hydrogen) atoms. The molecule has 1 aliphatic heterocycles. The molecular weight excluding hydrogens is 278 g/mol. The number of rotatable bonds is 3. The van der Waals surface area contributed by atoms with Crippen molar-refractivity contribution in [1.29, 1.82) is 0 Å². The average molecular weight is 297 g/mol. The minimum Gasteiger partial charge on any atom is -0.399 e. The lowest BCUT2D eigenvalue weighted by Crippen LogP contribution is -2.41. The Bertz CT molecular complexity index is 532. The van der Waals surface area contributed by atoms with E-state index in [2.05, 4.69) is 4.98 Å². The molecule has 0 atom stereocenters. The standard InChI is InChI=1S/C13H18BClN2O3/c1-12(2)13(3,4)20-14(19-12)8-5-6-10(15)17-9(8)7-11(16)18/h5-6H,7H2,1-4H3,(H2,16,18). The summed E-state index contributed by atoms with van der Waals surface area (Å²) in [4.78, 5) is 15.3. The predicted octanol–water partition coefficient (Wildman–Crippen LogP) is 1.06. The molecule has 1 aromatic heterocycles. The van der Waals surface area contributed by atoms with Crippen LogP contribution in [0.2, 0.25) is 5.15 Å². The zero-order chi connectivity index (χ0) is 15.1. The Labute approximate surface area is 123 Å². The average Bonchev–Trinajstić information content (AvgIpc) is 2.46. The molecule has 2 heterocycles. The fraction of sp³-hybridized carbons (Fsp3) is 0.538. The van der Waals surface area contributed by atoms with E-state index in [1.54, 1.807) is 12.1 Å². The molecule has 0 unspecified atom stereocenters. The molecule has 1 fully saturated rings. The third-order valence-electron chi connectivity index (χ3n) is 3.82. The zero-order valence-corrected chi connectivity index (χ0v) is 12.8. The molecule has 1 amide bonds. The quantitative estimate of drug-likeness (QED) is 0.668. The first kappa shape index (κ1) is 15.3. The van der Waals surface area contributed by atoms with Crippen molar-refractivity contribution >= 4 is 30.1 Å². The summed E-state index contributed by atoms with van der Waals surface area (Å²) in [5.41, 5.74) is 5.51. The largest absolute Gasteiger partial charge is 0.496 e. The highest BCUT2D eigenvalue weighted by molar-refractivity contribution is 6.62. The van der Waals surface area contributed by atoms with E-state index >= 15 is 0 Å². The maximum absolute atomic E-state index is 11.2. The Morgan fingerprint density at radius 3 is 2.35 bits per heavy atom. The third kappa shape index (κ3) is 2.82. The van der Waals surface area contributed by atoms with Crippen molar-refractivity contribution in [3.8, 4) is 0 Å². The van der Waals surface area contributed by atoms with Gasteiger partial charge in [-0.2, -0.15) is 0 Å². The summed E-state index contributed by atoms with van der Waals surface area (Å²) in [6.07, 6.45) is -0.0000293. The molecule has 0 aromatic carbocycles. The third-order valence-corrected chi connectivity index (χ3v) is 4.03. The molecule has 0 bridgehead atoms. The Morgan fingerprint density at radius 1 is 1.30 bits per heavy atom. The number of aromatic nitrogens is 1. The smallest absolute Gasteiger partial charge is 0.399 e. The van der Waals surface area contributed by atoms with Gasteiger partial charge in [0.05, 0.1) is 23.3 Å². The van der Waals surface area contributed by atoms with Gasteiger partial charge in [-0.1, -0.05) is 17.7 Å². The van der Waals surface area contributed by atoms with Crippen LogP contribution >= 0.6 is 11.6 Å². The Balaban J connectivity index is 2.37. The van der Waals surface area contributed by atoms with Gasteiger partial charge in [-0.25, -0.2) is 4.98 Å². The number of primary amides is 1. The van der Waals surface area contributed by atoms with Crippen molar-refractivity contribution < 1.29 is 14.1 Å². The molecule has 108 valence electrons. The lowest BCUT2D eigenvalue weighted by molar-refractivity contribution is -0.117.